The number of methoxy groups -OCH3 is 1. The zero-order valence-corrected chi connectivity index (χ0v) is 9.21. The first-order chi connectivity index (χ1) is 5.93. The Hall–Kier alpha value is -0.120. The fourth-order valence-electron chi connectivity index (χ4n) is 1.91. The van der Waals surface area contributed by atoms with Crippen LogP contribution >= 0.6 is 0 Å². The molecule has 0 saturated heterocycles. The number of hydrogen-bond acceptors (Lipinski definition) is 3. The van der Waals surface area contributed by atoms with Crippen molar-refractivity contribution < 1.29 is 9.84 Å². The van der Waals surface area contributed by atoms with Gasteiger partial charge in [0.05, 0.1) is 0 Å². The molecule has 0 aromatic heterocycles. The van der Waals surface area contributed by atoms with Gasteiger partial charge in [0, 0.05) is 25.9 Å². The maximum absolute atomic E-state index is 8.92. The molecular weight excluding hydrogens is 166 g/mol. The van der Waals surface area contributed by atoms with E-state index < -0.39 is 0 Å². The average Bonchev–Trinajstić information content (AvgIpc) is 1.98. The quantitative estimate of drug-likeness (QED) is 0.655. The minimum atomic E-state index is -0.249. The summed E-state index contributed by atoms with van der Waals surface area (Å²) in [5, 5.41) is 8.92. The lowest BCUT2D eigenvalue weighted by Crippen LogP contribution is -2.45. The predicted octanol–water partition coefficient (Wildman–Crippen LogP) is 1.00. The van der Waals surface area contributed by atoms with Gasteiger partial charge in [0.1, 0.15) is 0 Å². The maximum atomic E-state index is 8.92. The first-order valence-electron chi connectivity index (χ1n) is 4.82. The van der Waals surface area contributed by atoms with E-state index in [1.54, 1.807) is 7.11 Å². The largest absolute Gasteiger partial charge is 0.396 e. The molecule has 0 aliphatic carbocycles. The van der Waals surface area contributed by atoms with E-state index in [0.717, 1.165) is 6.42 Å². The van der Waals surface area contributed by atoms with Crippen molar-refractivity contribution in [2.24, 2.45) is 17.6 Å². The average molecular weight is 189 g/mol. The highest BCUT2D eigenvalue weighted by Crippen LogP contribution is 2.26. The zero-order valence-electron chi connectivity index (χ0n) is 9.21. The molecule has 80 valence electrons. The lowest BCUT2D eigenvalue weighted by molar-refractivity contribution is 0.0870. The van der Waals surface area contributed by atoms with E-state index in [2.05, 4.69) is 6.92 Å². The molecule has 3 N–H and O–H groups in total. The van der Waals surface area contributed by atoms with Crippen LogP contribution in [-0.2, 0) is 4.74 Å². The van der Waals surface area contributed by atoms with Crippen LogP contribution in [0.4, 0.5) is 0 Å². The van der Waals surface area contributed by atoms with Crippen molar-refractivity contribution in [2.45, 2.75) is 32.7 Å². The van der Waals surface area contributed by atoms with Gasteiger partial charge in [-0.25, -0.2) is 0 Å². The third kappa shape index (κ3) is 4.60. The van der Waals surface area contributed by atoms with Crippen LogP contribution in [0.2, 0.25) is 0 Å². The molecule has 2 unspecified atom stereocenters. The first-order valence-corrected chi connectivity index (χ1v) is 4.82. The molecule has 2 atom stereocenters. The maximum Gasteiger partial charge on any atom is 0.0491 e. The van der Waals surface area contributed by atoms with Crippen LogP contribution in [-0.4, -0.2) is 31.0 Å². The van der Waals surface area contributed by atoms with Gasteiger partial charge in [-0.05, 0) is 32.1 Å². The molecule has 0 bridgehead atoms. The van der Waals surface area contributed by atoms with Gasteiger partial charge in [-0.15, -0.1) is 0 Å². The topological polar surface area (TPSA) is 55.5 Å². The van der Waals surface area contributed by atoms with Crippen molar-refractivity contribution in [1.29, 1.82) is 0 Å². The van der Waals surface area contributed by atoms with E-state index in [4.69, 9.17) is 15.6 Å². The predicted molar refractivity (Wildman–Crippen MR) is 54.5 cm³/mol. The molecular formula is C10H23NO2. The van der Waals surface area contributed by atoms with Crippen LogP contribution < -0.4 is 5.73 Å². The molecule has 0 fully saturated rings. The third-order valence-electron chi connectivity index (χ3n) is 2.51. The molecule has 13 heavy (non-hydrogen) atoms. The van der Waals surface area contributed by atoms with Crippen molar-refractivity contribution in [3.8, 4) is 0 Å². The van der Waals surface area contributed by atoms with Crippen LogP contribution in [0.5, 0.6) is 0 Å². The van der Waals surface area contributed by atoms with Crippen LogP contribution in [0.3, 0.4) is 0 Å². The van der Waals surface area contributed by atoms with Crippen molar-refractivity contribution >= 4 is 0 Å². The van der Waals surface area contributed by atoms with Crippen LogP contribution in [0, 0.1) is 11.8 Å². The summed E-state index contributed by atoms with van der Waals surface area (Å²) in [6, 6.07) is 0. The second-order valence-electron chi connectivity index (χ2n) is 4.37. The SMILES string of the molecule is COCC(C)C(CCO)C(C)(C)N. The summed E-state index contributed by atoms with van der Waals surface area (Å²) in [6.45, 7) is 7.00. The van der Waals surface area contributed by atoms with Gasteiger partial charge in [-0.1, -0.05) is 6.92 Å². The standard InChI is InChI=1S/C10H23NO2/c1-8(7-13-4)9(5-6-12)10(2,3)11/h8-9,12H,5-7,11H2,1-4H3. The summed E-state index contributed by atoms with van der Waals surface area (Å²) in [7, 11) is 1.69. The van der Waals surface area contributed by atoms with Crippen molar-refractivity contribution in [2.75, 3.05) is 20.3 Å². The second-order valence-corrected chi connectivity index (χ2v) is 4.37. The zero-order chi connectivity index (χ0) is 10.5. The Kier molecular flexibility index (Phi) is 5.53. The van der Waals surface area contributed by atoms with Gasteiger partial charge in [0.25, 0.3) is 0 Å². The minimum absolute atomic E-state index is 0.194. The van der Waals surface area contributed by atoms with Crippen molar-refractivity contribution in [3.63, 3.8) is 0 Å². The number of rotatable bonds is 6. The molecule has 0 amide bonds. The fraction of sp³-hybridized carbons (Fsp3) is 1.00. The summed E-state index contributed by atoms with van der Waals surface area (Å²) in [6.07, 6.45) is 0.744. The van der Waals surface area contributed by atoms with Gasteiger partial charge < -0.3 is 15.6 Å². The summed E-state index contributed by atoms with van der Waals surface area (Å²) >= 11 is 0. The Balaban J connectivity index is 4.23. The Morgan fingerprint density at radius 2 is 2.00 bits per heavy atom. The molecule has 3 heteroatoms. The highest BCUT2D eigenvalue weighted by atomic mass is 16.5. The Bertz CT molecular complexity index is 131. The van der Waals surface area contributed by atoms with Crippen molar-refractivity contribution in [3.05, 3.63) is 0 Å². The monoisotopic (exact) mass is 189 g/mol. The highest BCUT2D eigenvalue weighted by Gasteiger charge is 2.29. The lowest BCUT2D eigenvalue weighted by Gasteiger charge is -2.34. The Morgan fingerprint density at radius 3 is 2.31 bits per heavy atom. The molecule has 0 rings (SSSR count). The molecule has 0 radical (unpaired) electrons. The molecule has 0 spiro atoms. The summed E-state index contributed by atoms with van der Waals surface area (Å²) < 4.78 is 5.09. The summed E-state index contributed by atoms with van der Waals surface area (Å²) in [4.78, 5) is 0. The van der Waals surface area contributed by atoms with Gasteiger partial charge in [0.2, 0.25) is 0 Å². The molecule has 0 heterocycles. The second kappa shape index (κ2) is 5.58. The lowest BCUT2D eigenvalue weighted by atomic mass is 9.77. The highest BCUT2D eigenvalue weighted by molar-refractivity contribution is 4.85. The number of hydrogen-bond donors (Lipinski definition) is 2. The van der Waals surface area contributed by atoms with Crippen LogP contribution in [0.25, 0.3) is 0 Å². The number of nitrogens with two attached hydrogens (primary N) is 1. The van der Waals surface area contributed by atoms with E-state index in [1.807, 2.05) is 13.8 Å². The Labute approximate surface area is 81.3 Å². The number of aliphatic hydroxyl groups excluding tert-OH is 1. The minimum Gasteiger partial charge on any atom is -0.396 e. The molecule has 0 aromatic rings. The molecule has 0 aliphatic rings. The molecule has 0 aromatic carbocycles. The molecule has 3 nitrogen and oxygen atoms in total. The normalized spacial score (nSPS) is 17.1. The fourth-order valence-corrected chi connectivity index (χ4v) is 1.91. The first kappa shape index (κ1) is 12.9. The number of aliphatic hydroxyl groups is 1. The van der Waals surface area contributed by atoms with E-state index in [1.165, 1.54) is 0 Å². The third-order valence-corrected chi connectivity index (χ3v) is 2.51. The van der Waals surface area contributed by atoms with Crippen LogP contribution in [0.1, 0.15) is 27.2 Å². The Morgan fingerprint density at radius 1 is 1.46 bits per heavy atom. The van der Waals surface area contributed by atoms with Gasteiger partial charge in [-0.2, -0.15) is 0 Å². The van der Waals surface area contributed by atoms with Crippen molar-refractivity contribution in [1.82, 2.24) is 0 Å². The summed E-state index contributed by atoms with van der Waals surface area (Å²) in [5.74, 6) is 0.689. The number of ether oxygens (including phenoxy) is 1. The van der Waals surface area contributed by atoms with E-state index in [-0.39, 0.29) is 12.1 Å². The molecule has 0 aliphatic heterocycles. The van der Waals surface area contributed by atoms with Crippen LogP contribution in [0.15, 0.2) is 0 Å². The van der Waals surface area contributed by atoms with Gasteiger partial charge in [0.15, 0.2) is 0 Å². The summed E-state index contributed by atoms with van der Waals surface area (Å²) in [5.41, 5.74) is 5.78. The molecule has 0 saturated carbocycles. The van der Waals surface area contributed by atoms with Gasteiger partial charge in [-0.3, -0.25) is 0 Å². The van der Waals surface area contributed by atoms with E-state index >= 15 is 0 Å². The van der Waals surface area contributed by atoms with Gasteiger partial charge >= 0.3 is 0 Å². The van der Waals surface area contributed by atoms with E-state index in [9.17, 15) is 0 Å². The smallest absolute Gasteiger partial charge is 0.0491 e. The van der Waals surface area contributed by atoms with E-state index in [0.29, 0.717) is 18.4 Å².